The fourth-order valence-electron chi connectivity index (χ4n) is 5.93. The van der Waals surface area contributed by atoms with Crippen LogP contribution < -0.4 is 9.64 Å². The van der Waals surface area contributed by atoms with E-state index >= 15 is 0 Å². The molecule has 0 N–H and O–H groups in total. The van der Waals surface area contributed by atoms with Crippen molar-refractivity contribution in [3.8, 4) is 22.8 Å². The van der Waals surface area contributed by atoms with Gasteiger partial charge in [0.1, 0.15) is 17.1 Å². The molecule has 1 aliphatic rings. The molecule has 0 bridgehead atoms. The van der Waals surface area contributed by atoms with Crippen molar-refractivity contribution in [1.29, 1.82) is 0 Å². The van der Waals surface area contributed by atoms with Gasteiger partial charge in [0.2, 0.25) is 0 Å². The maximum atomic E-state index is 6.42. The molecule has 0 amide bonds. The molecule has 6 aromatic rings. The summed E-state index contributed by atoms with van der Waals surface area (Å²) in [5.74, 6) is 1.60. The van der Waals surface area contributed by atoms with Crippen LogP contribution in [0.25, 0.3) is 38.6 Å². The van der Waals surface area contributed by atoms with E-state index in [9.17, 15) is 0 Å². The summed E-state index contributed by atoms with van der Waals surface area (Å²) in [6.07, 6.45) is 6.34. The number of pyridine rings is 1. The van der Waals surface area contributed by atoms with Crippen LogP contribution in [0.3, 0.4) is 0 Å². The Bertz CT molecular complexity index is 1910. The number of rotatable bonds is 4. The first-order valence-corrected chi connectivity index (χ1v) is 13.3. The summed E-state index contributed by atoms with van der Waals surface area (Å²) in [4.78, 5) is 9.56. The molecule has 4 aromatic carbocycles. The van der Waals surface area contributed by atoms with Crippen LogP contribution in [0.4, 0.5) is 5.69 Å². The third-order valence-electron chi connectivity index (χ3n) is 7.59. The molecule has 0 fully saturated rings. The maximum absolute atomic E-state index is 6.42. The van der Waals surface area contributed by atoms with Crippen molar-refractivity contribution in [2.45, 2.75) is 20.8 Å². The molecule has 5 heteroatoms. The number of hydrogen-bond donors (Lipinski definition) is 0. The number of aromatic nitrogens is 2. The molecule has 7 rings (SSSR count). The Morgan fingerprint density at radius 1 is 0.744 bits per heavy atom. The molecule has 3 heterocycles. The standard InChI is InChI=1S/C34H30N4O/c1-22-16-23(2)33(24(3)17-22)31-20-38-32-11-6-5-10-29(32)28-13-12-27(19-30(28)34(38)35-31)39-26-9-7-8-25(18-26)37-15-14-36(4)21-37/h5-20H,21H2,1-4H3. The van der Waals surface area contributed by atoms with Crippen LogP contribution in [-0.4, -0.2) is 28.0 Å². The van der Waals surface area contributed by atoms with Crippen molar-refractivity contribution in [3.05, 3.63) is 114 Å². The fraction of sp³-hybridized carbons (Fsp3) is 0.147. The predicted molar refractivity (Wildman–Crippen MR) is 161 cm³/mol. The Morgan fingerprint density at radius 2 is 1.54 bits per heavy atom. The second kappa shape index (κ2) is 8.91. The number of benzene rings is 4. The number of anilines is 1. The zero-order valence-corrected chi connectivity index (χ0v) is 22.6. The third kappa shape index (κ3) is 3.98. The van der Waals surface area contributed by atoms with E-state index in [0.29, 0.717) is 0 Å². The van der Waals surface area contributed by atoms with E-state index in [1.54, 1.807) is 0 Å². The number of para-hydroxylation sites is 1. The molecule has 192 valence electrons. The average Bonchev–Trinajstić information content (AvgIpc) is 3.55. The second-order valence-corrected chi connectivity index (χ2v) is 10.6. The van der Waals surface area contributed by atoms with Gasteiger partial charge in [-0.1, -0.05) is 42.0 Å². The van der Waals surface area contributed by atoms with Crippen LogP contribution in [0, 0.1) is 20.8 Å². The van der Waals surface area contributed by atoms with E-state index in [1.165, 1.54) is 33.0 Å². The predicted octanol–water partition coefficient (Wildman–Crippen LogP) is 8.21. The van der Waals surface area contributed by atoms with E-state index < -0.39 is 0 Å². The van der Waals surface area contributed by atoms with Gasteiger partial charge in [-0.05, 0) is 73.7 Å². The van der Waals surface area contributed by atoms with Crippen molar-refractivity contribution in [1.82, 2.24) is 14.3 Å². The molecule has 0 atom stereocenters. The van der Waals surface area contributed by atoms with Crippen molar-refractivity contribution in [2.24, 2.45) is 0 Å². The monoisotopic (exact) mass is 510 g/mol. The Balaban J connectivity index is 1.37. The summed E-state index contributed by atoms with van der Waals surface area (Å²) in [5, 5.41) is 3.43. The Morgan fingerprint density at radius 3 is 2.33 bits per heavy atom. The van der Waals surface area contributed by atoms with Crippen LogP contribution in [0.15, 0.2) is 97.5 Å². The average molecular weight is 511 g/mol. The first kappa shape index (κ1) is 23.4. The first-order valence-electron chi connectivity index (χ1n) is 13.3. The first-order chi connectivity index (χ1) is 18.9. The lowest BCUT2D eigenvalue weighted by Gasteiger charge is -2.19. The molecule has 5 nitrogen and oxygen atoms in total. The van der Waals surface area contributed by atoms with Crippen molar-refractivity contribution in [2.75, 3.05) is 18.6 Å². The maximum Gasteiger partial charge on any atom is 0.146 e. The highest BCUT2D eigenvalue weighted by molar-refractivity contribution is 6.12. The number of fused-ring (bicyclic) bond motifs is 6. The van der Waals surface area contributed by atoms with E-state index in [1.807, 2.05) is 12.1 Å². The molecular formula is C34H30N4O. The normalized spacial score (nSPS) is 13.3. The number of ether oxygens (including phenoxy) is 1. The van der Waals surface area contributed by atoms with Gasteiger partial charge in [-0.25, -0.2) is 4.98 Å². The highest BCUT2D eigenvalue weighted by Gasteiger charge is 2.17. The molecule has 0 radical (unpaired) electrons. The van der Waals surface area contributed by atoms with Gasteiger partial charge in [0, 0.05) is 53.7 Å². The van der Waals surface area contributed by atoms with Gasteiger partial charge in [0.05, 0.1) is 17.9 Å². The molecule has 0 unspecified atom stereocenters. The summed E-state index contributed by atoms with van der Waals surface area (Å²) in [7, 11) is 2.07. The van der Waals surface area contributed by atoms with Gasteiger partial charge in [-0.3, -0.25) is 4.40 Å². The van der Waals surface area contributed by atoms with Gasteiger partial charge in [-0.15, -0.1) is 0 Å². The van der Waals surface area contributed by atoms with Crippen LogP contribution in [-0.2, 0) is 0 Å². The van der Waals surface area contributed by atoms with Crippen molar-refractivity contribution < 1.29 is 4.74 Å². The van der Waals surface area contributed by atoms with Crippen LogP contribution >= 0.6 is 0 Å². The minimum atomic E-state index is 0.790. The van der Waals surface area contributed by atoms with Gasteiger partial charge < -0.3 is 14.5 Å². The minimum absolute atomic E-state index is 0.790. The Kier molecular flexibility index (Phi) is 5.34. The lowest BCUT2D eigenvalue weighted by Crippen LogP contribution is -2.21. The summed E-state index contributed by atoms with van der Waals surface area (Å²) >= 11 is 0. The largest absolute Gasteiger partial charge is 0.457 e. The van der Waals surface area contributed by atoms with Gasteiger partial charge in [-0.2, -0.15) is 0 Å². The summed E-state index contributed by atoms with van der Waals surface area (Å²) in [6, 6.07) is 27.6. The summed E-state index contributed by atoms with van der Waals surface area (Å²) < 4.78 is 8.64. The van der Waals surface area contributed by atoms with E-state index in [4.69, 9.17) is 9.72 Å². The van der Waals surface area contributed by atoms with Gasteiger partial charge in [0.15, 0.2) is 0 Å². The molecule has 1 aliphatic heterocycles. The summed E-state index contributed by atoms with van der Waals surface area (Å²) in [5.41, 5.74) is 9.13. The zero-order valence-electron chi connectivity index (χ0n) is 22.6. The lowest BCUT2D eigenvalue weighted by atomic mass is 9.98. The van der Waals surface area contributed by atoms with Crippen molar-refractivity contribution in [3.63, 3.8) is 0 Å². The van der Waals surface area contributed by atoms with E-state index in [0.717, 1.165) is 46.1 Å². The molecule has 39 heavy (non-hydrogen) atoms. The quantitative estimate of drug-likeness (QED) is 0.224. The third-order valence-corrected chi connectivity index (χ3v) is 7.59. The van der Waals surface area contributed by atoms with E-state index in [-0.39, 0.29) is 0 Å². The Hall–Kier alpha value is -4.77. The zero-order chi connectivity index (χ0) is 26.7. The SMILES string of the molecule is Cc1cc(C)c(-c2cn3c4ccccc4c4ccc(Oc5cccc(N6C=CN(C)C6)c5)cc4c3n2)c(C)c1. The topological polar surface area (TPSA) is 33.0 Å². The molecular weight excluding hydrogens is 480 g/mol. The number of hydrogen-bond acceptors (Lipinski definition) is 4. The Labute approximate surface area is 228 Å². The van der Waals surface area contributed by atoms with Crippen LogP contribution in [0.1, 0.15) is 16.7 Å². The van der Waals surface area contributed by atoms with Gasteiger partial charge >= 0.3 is 0 Å². The fourth-order valence-corrected chi connectivity index (χ4v) is 5.93. The van der Waals surface area contributed by atoms with E-state index in [2.05, 4.69) is 127 Å². The van der Waals surface area contributed by atoms with Crippen LogP contribution in [0.2, 0.25) is 0 Å². The number of aryl methyl sites for hydroxylation is 3. The number of nitrogens with zero attached hydrogens (tertiary/aromatic N) is 4. The highest BCUT2D eigenvalue weighted by Crippen LogP contribution is 2.36. The molecule has 0 saturated carbocycles. The minimum Gasteiger partial charge on any atom is -0.457 e. The van der Waals surface area contributed by atoms with Crippen LogP contribution in [0.5, 0.6) is 11.5 Å². The summed E-state index contributed by atoms with van der Waals surface area (Å²) in [6.45, 7) is 7.32. The molecule has 2 aromatic heterocycles. The number of imidazole rings is 1. The van der Waals surface area contributed by atoms with Crippen molar-refractivity contribution >= 4 is 33.0 Å². The molecule has 0 saturated heterocycles. The smallest absolute Gasteiger partial charge is 0.146 e. The highest BCUT2D eigenvalue weighted by atomic mass is 16.5. The molecule has 0 spiro atoms. The lowest BCUT2D eigenvalue weighted by molar-refractivity contribution is 0.481. The van der Waals surface area contributed by atoms with Gasteiger partial charge in [0.25, 0.3) is 0 Å². The second-order valence-electron chi connectivity index (χ2n) is 10.6. The molecule has 0 aliphatic carbocycles.